The van der Waals surface area contributed by atoms with Crippen LogP contribution in [0.4, 0.5) is 4.79 Å². The van der Waals surface area contributed by atoms with Crippen LogP contribution in [-0.2, 0) is 11.3 Å². The number of hydrogen-bond acceptors (Lipinski definition) is 8. The van der Waals surface area contributed by atoms with Crippen molar-refractivity contribution >= 4 is 23.0 Å². The quantitative estimate of drug-likeness (QED) is 0.197. The molecular formula is C38H44N4O7. The number of methoxy groups -OCH3 is 1. The van der Waals surface area contributed by atoms with E-state index in [0.717, 1.165) is 29.7 Å². The summed E-state index contributed by atoms with van der Waals surface area (Å²) in [5, 5.41) is 3.24. The molecule has 6 rings (SSSR count). The van der Waals surface area contributed by atoms with Crippen LogP contribution in [0.3, 0.4) is 0 Å². The normalized spacial score (nSPS) is 15.2. The predicted molar refractivity (Wildman–Crippen MR) is 187 cm³/mol. The number of likely N-dealkylation sites (tertiary alicyclic amines) is 1. The van der Waals surface area contributed by atoms with Gasteiger partial charge in [0.25, 0.3) is 11.5 Å². The third-order valence-corrected chi connectivity index (χ3v) is 8.88. The number of pyridine rings is 2. The fourth-order valence-corrected chi connectivity index (χ4v) is 6.05. The molecule has 2 aliphatic rings. The fourth-order valence-electron chi connectivity index (χ4n) is 6.05. The molecule has 2 amide bonds. The first kappa shape index (κ1) is 33.8. The molecule has 258 valence electrons. The highest BCUT2D eigenvalue weighted by Gasteiger charge is 2.30. The maximum Gasteiger partial charge on any atom is 0.410 e. The fraction of sp³-hybridized carbons (Fsp3) is 0.421. The van der Waals surface area contributed by atoms with Crippen molar-refractivity contribution in [3.05, 3.63) is 81.6 Å². The number of aromatic nitrogens is 2. The van der Waals surface area contributed by atoms with Crippen LogP contribution in [0.1, 0.15) is 73.9 Å². The number of benzene rings is 2. The summed E-state index contributed by atoms with van der Waals surface area (Å²) in [6.45, 7) is 7.46. The number of ether oxygens (including phenoxy) is 4. The Balaban J connectivity index is 1.42. The summed E-state index contributed by atoms with van der Waals surface area (Å²) in [7, 11) is 3.12. The molecule has 0 radical (unpaired) electrons. The zero-order valence-electron chi connectivity index (χ0n) is 28.8. The molecule has 1 saturated heterocycles. The van der Waals surface area contributed by atoms with Crippen molar-refractivity contribution in [3.63, 3.8) is 0 Å². The zero-order valence-corrected chi connectivity index (χ0v) is 28.8. The van der Waals surface area contributed by atoms with Crippen LogP contribution in [-0.4, -0.2) is 66.3 Å². The molecule has 1 saturated carbocycles. The third-order valence-electron chi connectivity index (χ3n) is 8.88. The number of nitrogens with zero attached hydrogens (tertiary/aromatic N) is 2. The second kappa shape index (κ2) is 14.2. The molecular weight excluding hydrogens is 624 g/mol. The van der Waals surface area contributed by atoms with Gasteiger partial charge in [-0.25, -0.2) is 9.78 Å². The maximum absolute atomic E-state index is 13.2. The lowest BCUT2D eigenvalue weighted by molar-refractivity contribution is 0.0205. The van der Waals surface area contributed by atoms with Crippen molar-refractivity contribution in [2.75, 3.05) is 33.9 Å². The first-order valence-corrected chi connectivity index (χ1v) is 16.8. The molecule has 0 bridgehead atoms. The molecule has 11 heteroatoms. The zero-order chi connectivity index (χ0) is 34.7. The van der Waals surface area contributed by atoms with Gasteiger partial charge < -0.3 is 34.1 Å². The number of H-pyrrole nitrogens is 1. The van der Waals surface area contributed by atoms with Crippen molar-refractivity contribution in [2.24, 2.45) is 5.92 Å². The van der Waals surface area contributed by atoms with Crippen LogP contribution in [0.15, 0.2) is 59.4 Å². The Bertz CT molecular complexity index is 1890. The minimum atomic E-state index is -0.589. The summed E-state index contributed by atoms with van der Waals surface area (Å²) in [5.74, 6) is 2.04. The Kier molecular flexibility index (Phi) is 9.80. The lowest BCUT2D eigenvalue weighted by Crippen LogP contribution is -2.41. The molecule has 0 unspecified atom stereocenters. The van der Waals surface area contributed by atoms with E-state index in [9.17, 15) is 14.4 Å². The van der Waals surface area contributed by atoms with Crippen LogP contribution in [0, 0.1) is 5.92 Å². The van der Waals surface area contributed by atoms with E-state index in [2.05, 4.69) is 10.3 Å². The lowest BCUT2D eigenvalue weighted by Gasteiger charge is -2.34. The van der Waals surface area contributed by atoms with Crippen molar-refractivity contribution in [1.29, 1.82) is 0 Å². The first-order valence-electron chi connectivity index (χ1n) is 16.8. The van der Waals surface area contributed by atoms with E-state index >= 15 is 0 Å². The minimum absolute atomic E-state index is 0.00803. The lowest BCUT2D eigenvalue weighted by atomic mass is 9.86. The number of rotatable bonds is 10. The third kappa shape index (κ3) is 7.98. The van der Waals surface area contributed by atoms with Gasteiger partial charge in [0.2, 0.25) is 0 Å². The Morgan fingerprint density at radius 3 is 2.31 bits per heavy atom. The van der Waals surface area contributed by atoms with Gasteiger partial charge in [-0.2, -0.15) is 0 Å². The molecule has 2 N–H and O–H groups in total. The molecule has 3 heterocycles. The highest BCUT2D eigenvalue weighted by atomic mass is 16.6. The minimum Gasteiger partial charge on any atom is -0.497 e. The van der Waals surface area contributed by atoms with Crippen LogP contribution in [0.25, 0.3) is 22.3 Å². The van der Waals surface area contributed by atoms with Gasteiger partial charge in [0.1, 0.15) is 40.7 Å². The Morgan fingerprint density at radius 1 is 0.980 bits per heavy atom. The first-order chi connectivity index (χ1) is 23.5. The second-order valence-corrected chi connectivity index (χ2v) is 13.7. The van der Waals surface area contributed by atoms with Gasteiger partial charge in [-0.3, -0.25) is 9.59 Å². The number of nitrogens with one attached hydrogen (secondary N) is 2. The summed E-state index contributed by atoms with van der Waals surface area (Å²) < 4.78 is 23.8. The largest absolute Gasteiger partial charge is 0.497 e. The molecule has 2 fully saturated rings. The van der Waals surface area contributed by atoms with E-state index in [0.29, 0.717) is 78.9 Å². The molecule has 2 aromatic carbocycles. The molecule has 1 aliphatic heterocycles. The smallest absolute Gasteiger partial charge is 0.410 e. The molecule has 4 aromatic rings. The summed E-state index contributed by atoms with van der Waals surface area (Å²) in [6, 6.07) is 17.0. The van der Waals surface area contributed by atoms with Gasteiger partial charge >= 0.3 is 6.09 Å². The van der Waals surface area contributed by atoms with Crippen molar-refractivity contribution in [1.82, 2.24) is 20.2 Å². The summed E-state index contributed by atoms with van der Waals surface area (Å²) in [4.78, 5) is 48.3. The van der Waals surface area contributed by atoms with Gasteiger partial charge in [0.05, 0.1) is 25.0 Å². The van der Waals surface area contributed by atoms with Crippen molar-refractivity contribution in [2.45, 2.75) is 64.6 Å². The maximum atomic E-state index is 13.2. The van der Waals surface area contributed by atoms with Crippen LogP contribution in [0.2, 0.25) is 0 Å². The van der Waals surface area contributed by atoms with Gasteiger partial charge in [0.15, 0.2) is 0 Å². The Labute approximate surface area is 285 Å². The molecule has 1 aliphatic carbocycles. The number of piperidine rings is 1. The average Bonchev–Trinajstić information content (AvgIpc) is 3.93. The average molecular weight is 669 g/mol. The molecule has 0 spiro atoms. The molecule has 11 nitrogen and oxygen atoms in total. The summed E-state index contributed by atoms with van der Waals surface area (Å²) >= 11 is 0. The number of carbonyl (C=O) groups is 2. The molecule has 0 atom stereocenters. The number of hydrogen-bond donors (Lipinski definition) is 2. The monoisotopic (exact) mass is 668 g/mol. The Morgan fingerprint density at radius 2 is 1.67 bits per heavy atom. The van der Waals surface area contributed by atoms with Gasteiger partial charge in [0, 0.05) is 25.5 Å². The van der Waals surface area contributed by atoms with E-state index in [1.165, 1.54) is 7.05 Å². The number of amides is 2. The van der Waals surface area contributed by atoms with Crippen LogP contribution >= 0.6 is 0 Å². The van der Waals surface area contributed by atoms with E-state index < -0.39 is 17.1 Å². The topological polar surface area (TPSA) is 132 Å². The van der Waals surface area contributed by atoms with E-state index in [-0.39, 0.29) is 17.6 Å². The summed E-state index contributed by atoms with van der Waals surface area (Å²) in [5.41, 5.74) is 2.39. The number of carbonyl (C=O) groups excluding carboxylic acids is 2. The van der Waals surface area contributed by atoms with Crippen LogP contribution < -0.4 is 25.1 Å². The molecule has 49 heavy (non-hydrogen) atoms. The summed E-state index contributed by atoms with van der Waals surface area (Å²) in [6.07, 6.45) is 3.26. The number of aromatic amines is 1. The van der Waals surface area contributed by atoms with Gasteiger partial charge in [-0.05, 0) is 106 Å². The van der Waals surface area contributed by atoms with E-state index in [1.807, 2.05) is 69.3 Å². The van der Waals surface area contributed by atoms with Crippen LogP contribution in [0.5, 0.6) is 17.2 Å². The standard InChI is InChI=1S/C38H44N4O7/c1-38(2,3)49-37(45)42-17-15-25(16-18-42)27-20-30(40-34-28(27)19-29(35(43)39-4)36(44)41-34)33-31(47-21-23-9-10-23)7-6-8-32(33)48-22-24-11-13-26(46-5)14-12-24/h6-8,11-14,19-20,23,25H,9-10,15-18,21-22H2,1-5H3,(H,39,43)(H,40,41,44). The van der Waals surface area contributed by atoms with E-state index in [1.54, 1.807) is 18.1 Å². The van der Waals surface area contributed by atoms with E-state index in [4.69, 9.17) is 23.9 Å². The highest BCUT2D eigenvalue weighted by Crippen LogP contribution is 2.42. The van der Waals surface area contributed by atoms with Crippen molar-refractivity contribution in [3.8, 4) is 28.5 Å². The SMILES string of the molecule is CNC(=O)c1cc2c(C3CCN(C(=O)OC(C)(C)C)CC3)cc(-c3c(OCc4ccc(OC)cc4)cccc3OCC3CC3)nc2[nH]c1=O. The molecule has 2 aromatic heterocycles. The van der Waals surface area contributed by atoms with Gasteiger partial charge in [-0.1, -0.05) is 18.2 Å². The van der Waals surface area contributed by atoms with Crippen molar-refractivity contribution < 1.29 is 28.5 Å². The second-order valence-electron chi connectivity index (χ2n) is 13.7. The van der Waals surface area contributed by atoms with Gasteiger partial charge in [-0.15, -0.1) is 0 Å². The Hall–Kier alpha value is -5.06. The number of fused-ring (bicyclic) bond motifs is 1. The highest BCUT2D eigenvalue weighted by molar-refractivity contribution is 5.97. The predicted octanol–water partition coefficient (Wildman–Crippen LogP) is 6.44.